The first kappa shape index (κ1) is 20.5. The highest BCUT2D eigenvalue weighted by Crippen LogP contribution is 2.32. The predicted octanol–water partition coefficient (Wildman–Crippen LogP) is 5.56. The molecule has 2 aromatic heterocycles. The average Bonchev–Trinajstić information content (AvgIpc) is 3.08. The van der Waals surface area contributed by atoms with E-state index in [1.54, 1.807) is 0 Å². The summed E-state index contributed by atoms with van der Waals surface area (Å²) in [6.07, 6.45) is 4.14. The monoisotopic (exact) mass is 438 g/mol. The van der Waals surface area contributed by atoms with Crippen LogP contribution in [0.5, 0.6) is 0 Å². The first-order valence-corrected chi connectivity index (χ1v) is 10.3. The van der Waals surface area contributed by atoms with Gasteiger partial charge in [0.1, 0.15) is 17.9 Å². The van der Waals surface area contributed by atoms with Crippen molar-refractivity contribution in [1.29, 1.82) is 0 Å². The Balaban J connectivity index is 1.75. The molecule has 3 aromatic rings. The number of ether oxygens (including phenoxy) is 2. The van der Waals surface area contributed by atoms with Gasteiger partial charge in [0.25, 0.3) is 0 Å². The summed E-state index contributed by atoms with van der Waals surface area (Å²) in [7, 11) is 0. The fourth-order valence-electron chi connectivity index (χ4n) is 3.57. The van der Waals surface area contributed by atoms with Crippen LogP contribution < -0.4 is 0 Å². The molecule has 1 saturated heterocycles. The molecule has 1 atom stereocenters. The smallest absolute Gasteiger partial charge is 0.222 e. The van der Waals surface area contributed by atoms with Gasteiger partial charge in [-0.05, 0) is 56.8 Å². The molecule has 9 heteroatoms. The molecule has 3 heterocycles. The zero-order chi connectivity index (χ0) is 20.5. The van der Waals surface area contributed by atoms with Crippen molar-refractivity contribution in [2.75, 3.05) is 6.61 Å². The van der Waals surface area contributed by atoms with Gasteiger partial charge in [0.2, 0.25) is 5.28 Å². The van der Waals surface area contributed by atoms with E-state index in [0.29, 0.717) is 34.2 Å². The molecule has 4 rings (SSSR count). The predicted molar refractivity (Wildman–Crippen MR) is 110 cm³/mol. The number of rotatable bonds is 5. The summed E-state index contributed by atoms with van der Waals surface area (Å²) in [5.41, 5.74) is 1.80. The molecule has 1 aromatic carbocycles. The zero-order valence-corrected chi connectivity index (χ0v) is 17.7. The van der Waals surface area contributed by atoms with E-state index in [4.69, 9.17) is 32.7 Å². The molecule has 0 spiro atoms. The van der Waals surface area contributed by atoms with Crippen LogP contribution in [0.3, 0.4) is 0 Å². The van der Waals surface area contributed by atoms with Crippen molar-refractivity contribution in [2.24, 2.45) is 0 Å². The molecule has 154 valence electrons. The van der Waals surface area contributed by atoms with E-state index in [1.807, 2.05) is 24.5 Å². The number of aromatic nitrogens is 4. The van der Waals surface area contributed by atoms with Gasteiger partial charge >= 0.3 is 0 Å². The van der Waals surface area contributed by atoms with E-state index < -0.39 is 5.82 Å². The number of hydrogen-bond donors (Lipinski definition) is 0. The fraction of sp³-hybridized carbons (Fsp3) is 0.450. The first-order chi connectivity index (χ1) is 13.9. The van der Waals surface area contributed by atoms with E-state index in [-0.39, 0.29) is 29.7 Å². The molecule has 6 nitrogen and oxygen atoms in total. The summed E-state index contributed by atoms with van der Waals surface area (Å²) in [6, 6.07) is 3.22. The fourth-order valence-corrected chi connectivity index (χ4v) is 3.91. The molecule has 1 aliphatic rings. The Labute approximate surface area is 178 Å². The topological polar surface area (TPSA) is 62.1 Å². The second-order valence-electron chi connectivity index (χ2n) is 7.26. The third-order valence-corrected chi connectivity index (χ3v) is 5.32. The molecule has 0 N–H and O–H groups in total. The lowest BCUT2D eigenvalue weighted by atomic mass is 10.1. The van der Waals surface area contributed by atoms with Crippen molar-refractivity contribution in [3.8, 4) is 11.3 Å². The van der Waals surface area contributed by atoms with Crippen LogP contribution >= 0.6 is 23.2 Å². The highest BCUT2D eigenvalue weighted by molar-refractivity contribution is 6.33. The van der Waals surface area contributed by atoms with Crippen LogP contribution in [-0.4, -0.2) is 32.4 Å². The average molecular weight is 439 g/mol. The number of benzene rings is 1. The standard InChI is InChI=1S/C20H21Cl2FN4O2/c1-11(2)27-15-8-12(18-13(21)9-24-20(22)26-18)7-14(23)19(15)25-16(27)10-29-17-5-3-4-6-28-17/h7-9,11,17H,3-6,10H2,1-2H3. The molecule has 1 aliphatic heterocycles. The van der Waals surface area contributed by atoms with Crippen LogP contribution in [0.25, 0.3) is 22.3 Å². The Bertz CT molecular complexity index is 1030. The van der Waals surface area contributed by atoms with Gasteiger partial charge in [0.05, 0.1) is 22.4 Å². The van der Waals surface area contributed by atoms with Gasteiger partial charge < -0.3 is 14.0 Å². The maximum absolute atomic E-state index is 15.0. The Morgan fingerprint density at radius 2 is 2.10 bits per heavy atom. The number of nitrogens with zero attached hydrogens (tertiary/aromatic N) is 4. The quantitative estimate of drug-likeness (QED) is 0.487. The molecule has 1 unspecified atom stereocenters. The summed E-state index contributed by atoms with van der Waals surface area (Å²) in [6.45, 7) is 4.97. The van der Waals surface area contributed by atoms with E-state index in [1.165, 1.54) is 12.3 Å². The van der Waals surface area contributed by atoms with Gasteiger partial charge in [-0.2, -0.15) is 0 Å². The summed E-state index contributed by atoms with van der Waals surface area (Å²) >= 11 is 12.1. The van der Waals surface area contributed by atoms with Crippen LogP contribution in [0.1, 0.15) is 45.0 Å². The number of imidazole rings is 1. The Morgan fingerprint density at radius 3 is 2.83 bits per heavy atom. The molecule has 0 radical (unpaired) electrons. The lowest BCUT2D eigenvalue weighted by Crippen LogP contribution is -2.23. The first-order valence-electron chi connectivity index (χ1n) is 9.56. The summed E-state index contributed by atoms with van der Waals surface area (Å²) in [5, 5.41) is 0.339. The van der Waals surface area contributed by atoms with E-state index >= 15 is 0 Å². The minimum Gasteiger partial charge on any atom is -0.353 e. The largest absolute Gasteiger partial charge is 0.353 e. The third-order valence-electron chi connectivity index (χ3n) is 4.86. The Kier molecular flexibility index (Phi) is 6.01. The summed E-state index contributed by atoms with van der Waals surface area (Å²) < 4.78 is 28.4. The minimum absolute atomic E-state index is 0.0452. The lowest BCUT2D eigenvalue weighted by molar-refractivity contribution is -0.170. The second kappa shape index (κ2) is 8.52. The van der Waals surface area contributed by atoms with Crippen molar-refractivity contribution in [3.63, 3.8) is 0 Å². The molecular formula is C20H21Cl2FN4O2. The van der Waals surface area contributed by atoms with Crippen molar-refractivity contribution < 1.29 is 13.9 Å². The van der Waals surface area contributed by atoms with Gasteiger partial charge in [-0.3, -0.25) is 0 Å². The van der Waals surface area contributed by atoms with Gasteiger partial charge in [-0.15, -0.1) is 0 Å². The molecule has 0 aliphatic carbocycles. The molecule has 0 bridgehead atoms. The normalized spacial score (nSPS) is 17.4. The van der Waals surface area contributed by atoms with Gasteiger partial charge in [0.15, 0.2) is 12.1 Å². The Morgan fingerprint density at radius 1 is 1.28 bits per heavy atom. The van der Waals surface area contributed by atoms with Crippen LogP contribution in [0.2, 0.25) is 10.3 Å². The van der Waals surface area contributed by atoms with Gasteiger partial charge in [-0.25, -0.2) is 19.3 Å². The molecular weight excluding hydrogens is 418 g/mol. The molecule has 0 amide bonds. The highest BCUT2D eigenvalue weighted by Gasteiger charge is 2.21. The van der Waals surface area contributed by atoms with E-state index in [0.717, 1.165) is 19.3 Å². The maximum atomic E-state index is 15.0. The van der Waals surface area contributed by atoms with Crippen LogP contribution in [-0.2, 0) is 16.1 Å². The van der Waals surface area contributed by atoms with E-state index in [2.05, 4.69) is 15.0 Å². The van der Waals surface area contributed by atoms with Gasteiger partial charge in [0, 0.05) is 18.2 Å². The second-order valence-corrected chi connectivity index (χ2v) is 8.01. The van der Waals surface area contributed by atoms with Crippen LogP contribution in [0.15, 0.2) is 18.3 Å². The Hall–Kier alpha value is -1.80. The highest BCUT2D eigenvalue weighted by atomic mass is 35.5. The number of fused-ring (bicyclic) bond motifs is 1. The molecule has 0 saturated carbocycles. The zero-order valence-electron chi connectivity index (χ0n) is 16.2. The SMILES string of the molecule is CC(C)n1c(COC2CCCCO2)nc2c(F)cc(-c3nc(Cl)ncc3Cl)cc21. The van der Waals surface area contributed by atoms with Crippen molar-refractivity contribution in [2.45, 2.75) is 52.0 Å². The van der Waals surface area contributed by atoms with Crippen molar-refractivity contribution in [3.05, 3.63) is 40.3 Å². The lowest BCUT2D eigenvalue weighted by Gasteiger charge is -2.23. The number of halogens is 3. The summed E-state index contributed by atoms with van der Waals surface area (Å²) in [4.78, 5) is 12.5. The van der Waals surface area contributed by atoms with Crippen molar-refractivity contribution >= 4 is 34.2 Å². The van der Waals surface area contributed by atoms with Crippen LogP contribution in [0.4, 0.5) is 4.39 Å². The van der Waals surface area contributed by atoms with Crippen molar-refractivity contribution in [1.82, 2.24) is 19.5 Å². The third kappa shape index (κ3) is 4.23. The van der Waals surface area contributed by atoms with E-state index in [9.17, 15) is 4.39 Å². The van der Waals surface area contributed by atoms with Gasteiger partial charge in [-0.1, -0.05) is 11.6 Å². The number of hydrogen-bond acceptors (Lipinski definition) is 5. The van der Waals surface area contributed by atoms with Crippen LogP contribution in [0, 0.1) is 5.82 Å². The maximum Gasteiger partial charge on any atom is 0.222 e. The molecule has 1 fully saturated rings. The summed E-state index contributed by atoms with van der Waals surface area (Å²) in [5.74, 6) is 0.185. The minimum atomic E-state index is -0.460. The molecule has 29 heavy (non-hydrogen) atoms.